The summed E-state index contributed by atoms with van der Waals surface area (Å²) in [5, 5.41) is 9.03. The quantitative estimate of drug-likeness (QED) is 0.820. The van der Waals surface area contributed by atoms with Gasteiger partial charge in [-0.15, -0.1) is 0 Å². The number of alkyl halides is 3. The molecule has 0 atom stereocenters. The van der Waals surface area contributed by atoms with Crippen molar-refractivity contribution < 1.29 is 13.9 Å². The number of halogens is 3. The number of aromatic nitrogens is 1. The Balaban J connectivity index is 3.36. The average Bonchev–Trinajstić information content (AvgIpc) is 2.16. The SMILES string of the molecule is O=c1cc(CBr)[nH]c(C(F)F)c1CO. The van der Waals surface area contributed by atoms with E-state index < -0.39 is 24.2 Å². The first-order valence-corrected chi connectivity index (χ1v) is 4.92. The van der Waals surface area contributed by atoms with Crippen LogP contribution in [-0.4, -0.2) is 10.1 Å². The molecule has 0 aliphatic carbocycles. The van der Waals surface area contributed by atoms with Gasteiger partial charge in [0.1, 0.15) is 0 Å². The van der Waals surface area contributed by atoms with Crippen LogP contribution in [0.3, 0.4) is 0 Å². The molecule has 3 nitrogen and oxygen atoms in total. The summed E-state index contributed by atoms with van der Waals surface area (Å²) >= 11 is 3.04. The zero-order valence-electron chi connectivity index (χ0n) is 7.06. The molecule has 0 radical (unpaired) electrons. The molecule has 1 aromatic heterocycles. The van der Waals surface area contributed by atoms with Crippen LogP contribution in [0.1, 0.15) is 23.4 Å². The highest BCUT2D eigenvalue weighted by Crippen LogP contribution is 2.19. The number of aliphatic hydroxyl groups excluding tert-OH is 1. The highest BCUT2D eigenvalue weighted by atomic mass is 79.9. The molecule has 0 aliphatic rings. The van der Waals surface area contributed by atoms with Crippen molar-refractivity contribution >= 4 is 15.9 Å². The Kier molecular flexibility index (Phi) is 3.77. The summed E-state index contributed by atoms with van der Waals surface area (Å²) in [4.78, 5) is 13.6. The van der Waals surface area contributed by atoms with Crippen LogP contribution in [0.25, 0.3) is 0 Å². The monoisotopic (exact) mass is 267 g/mol. The van der Waals surface area contributed by atoms with Crippen molar-refractivity contribution in [3.8, 4) is 0 Å². The van der Waals surface area contributed by atoms with E-state index in [1.165, 1.54) is 6.07 Å². The molecule has 0 amide bonds. The molecule has 14 heavy (non-hydrogen) atoms. The van der Waals surface area contributed by atoms with Crippen molar-refractivity contribution in [2.24, 2.45) is 0 Å². The number of hydrogen-bond donors (Lipinski definition) is 2. The summed E-state index contributed by atoms with van der Waals surface area (Å²) in [6, 6.07) is 1.19. The first-order valence-electron chi connectivity index (χ1n) is 3.80. The van der Waals surface area contributed by atoms with Gasteiger partial charge in [-0.2, -0.15) is 0 Å². The van der Waals surface area contributed by atoms with E-state index in [4.69, 9.17) is 5.11 Å². The molecule has 0 saturated carbocycles. The largest absolute Gasteiger partial charge is 0.391 e. The van der Waals surface area contributed by atoms with Gasteiger partial charge < -0.3 is 10.1 Å². The average molecular weight is 268 g/mol. The Hall–Kier alpha value is -0.750. The van der Waals surface area contributed by atoms with Crippen LogP contribution in [0, 0.1) is 0 Å². The number of aliphatic hydroxyl groups is 1. The van der Waals surface area contributed by atoms with E-state index in [1.54, 1.807) is 0 Å². The van der Waals surface area contributed by atoms with E-state index in [2.05, 4.69) is 20.9 Å². The fourth-order valence-electron chi connectivity index (χ4n) is 1.08. The molecule has 0 aliphatic heterocycles. The zero-order chi connectivity index (χ0) is 10.7. The normalized spacial score (nSPS) is 10.9. The molecule has 0 spiro atoms. The van der Waals surface area contributed by atoms with E-state index >= 15 is 0 Å². The lowest BCUT2D eigenvalue weighted by molar-refractivity contribution is 0.141. The maximum Gasteiger partial charge on any atom is 0.278 e. The van der Waals surface area contributed by atoms with E-state index in [9.17, 15) is 13.6 Å². The molecule has 0 fully saturated rings. The third-order valence-electron chi connectivity index (χ3n) is 1.74. The maximum absolute atomic E-state index is 12.4. The molecule has 0 unspecified atom stereocenters. The second-order valence-corrected chi connectivity index (χ2v) is 3.20. The Morgan fingerprint density at radius 2 is 2.21 bits per heavy atom. The molecular weight excluding hydrogens is 260 g/mol. The van der Waals surface area contributed by atoms with Crippen LogP contribution >= 0.6 is 15.9 Å². The second kappa shape index (κ2) is 4.65. The predicted molar refractivity (Wildman–Crippen MR) is 50.6 cm³/mol. The zero-order valence-corrected chi connectivity index (χ0v) is 8.64. The molecule has 0 saturated heterocycles. The summed E-state index contributed by atoms with van der Waals surface area (Å²) in [5.41, 5.74) is -0.988. The van der Waals surface area contributed by atoms with Crippen molar-refractivity contribution in [3.05, 3.63) is 33.2 Å². The Bertz CT molecular complexity index is 378. The van der Waals surface area contributed by atoms with E-state index in [1.807, 2.05) is 0 Å². The van der Waals surface area contributed by atoms with E-state index in [0.717, 1.165) is 0 Å². The van der Waals surface area contributed by atoms with Crippen LogP contribution in [0.5, 0.6) is 0 Å². The molecule has 1 rings (SSSR count). The van der Waals surface area contributed by atoms with E-state index in [0.29, 0.717) is 5.69 Å². The number of nitrogens with one attached hydrogen (secondary N) is 1. The topological polar surface area (TPSA) is 53.1 Å². The molecule has 1 aromatic rings. The van der Waals surface area contributed by atoms with Gasteiger partial charge in [-0.25, -0.2) is 8.78 Å². The fourth-order valence-corrected chi connectivity index (χ4v) is 1.39. The summed E-state index contributed by atoms with van der Waals surface area (Å²) < 4.78 is 24.8. The molecule has 0 aromatic carbocycles. The number of hydrogen-bond acceptors (Lipinski definition) is 2. The molecule has 2 N–H and O–H groups in total. The Morgan fingerprint density at radius 3 is 2.64 bits per heavy atom. The van der Waals surface area contributed by atoms with Gasteiger partial charge in [-0.05, 0) is 0 Å². The molecule has 1 heterocycles. The van der Waals surface area contributed by atoms with Gasteiger partial charge in [-0.3, -0.25) is 4.79 Å². The highest BCUT2D eigenvalue weighted by Gasteiger charge is 2.16. The van der Waals surface area contributed by atoms with Gasteiger partial charge in [0.2, 0.25) is 0 Å². The molecule has 6 heteroatoms. The van der Waals surface area contributed by atoms with Crippen LogP contribution in [-0.2, 0) is 11.9 Å². The lowest BCUT2D eigenvalue weighted by Crippen LogP contribution is -2.15. The number of aromatic amines is 1. The minimum Gasteiger partial charge on any atom is -0.391 e. The maximum atomic E-state index is 12.4. The summed E-state index contributed by atoms with van der Waals surface area (Å²) in [6.45, 7) is -0.683. The minimum absolute atomic E-state index is 0.273. The first kappa shape index (κ1) is 11.3. The molecule has 78 valence electrons. The lowest BCUT2D eigenvalue weighted by Gasteiger charge is -2.07. The van der Waals surface area contributed by atoms with Gasteiger partial charge in [0.25, 0.3) is 6.43 Å². The number of H-pyrrole nitrogens is 1. The third-order valence-corrected chi connectivity index (χ3v) is 2.35. The fraction of sp³-hybridized carbons (Fsp3) is 0.375. The van der Waals surface area contributed by atoms with Gasteiger partial charge in [0, 0.05) is 22.7 Å². The van der Waals surface area contributed by atoms with Crippen LogP contribution in [0.15, 0.2) is 10.9 Å². The summed E-state index contributed by atoms with van der Waals surface area (Å²) in [7, 11) is 0. The van der Waals surface area contributed by atoms with Crippen molar-refractivity contribution in [2.45, 2.75) is 18.4 Å². The van der Waals surface area contributed by atoms with Crippen LogP contribution in [0.2, 0.25) is 0 Å². The lowest BCUT2D eigenvalue weighted by atomic mass is 10.2. The number of rotatable bonds is 3. The van der Waals surface area contributed by atoms with Gasteiger partial charge in [0.05, 0.1) is 12.3 Å². The van der Waals surface area contributed by atoms with E-state index in [-0.39, 0.29) is 10.9 Å². The van der Waals surface area contributed by atoms with Crippen molar-refractivity contribution in [1.29, 1.82) is 0 Å². The summed E-state index contributed by atoms with van der Waals surface area (Å²) in [6.07, 6.45) is -2.79. The smallest absolute Gasteiger partial charge is 0.278 e. The second-order valence-electron chi connectivity index (χ2n) is 2.64. The Morgan fingerprint density at radius 1 is 1.57 bits per heavy atom. The first-order chi connectivity index (χ1) is 6.60. The van der Waals surface area contributed by atoms with Gasteiger partial charge in [0.15, 0.2) is 5.43 Å². The van der Waals surface area contributed by atoms with Crippen molar-refractivity contribution in [1.82, 2.24) is 4.98 Å². The Labute approximate surface area is 86.9 Å². The predicted octanol–water partition coefficient (Wildman–Crippen LogP) is 1.70. The molecule has 0 bridgehead atoms. The summed E-state index contributed by atoms with van der Waals surface area (Å²) in [5.74, 6) is 0. The molecular formula is C8H8BrF2NO2. The highest BCUT2D eigenvalue weighted by molar-refractivity contribution is 9.08. The standard InChI is InChI=1S/C8H8BrF2NO2/c9-2-4-1-6(14)5(3-13)7(12-4)8(10)11/h1,8,13H,2-3H2,(H,12,14). The number of pyridine rings is 1. The van der Waals surface area contributed by atoms with Crippen molar-refractivity contribution in [3.63, 3.8) is 0 Å². The van der Waals surface area contributed by atoms with Gasteiger partial charge >= 0.3 is 0 Å². The third kappa shape index (κ3) is 2.19. The van der Waals surface area contributed by atoms with Crippen LogP contribution in [0.4, 0.5) is 8.78 Å². The minimum atomic E-state index is -2.79. The van der Waals surface area contributed by atoms with Gasteiger partial charge in [-0.1, -0.05) is 15.9 Å². The van der Waals surface area contributed by atoms with Crippen LogP contribution < -0.4 is 5.43 Å². The van der Waals surface area contributed by atoms with Crippen molar-refractivity contribution in [2.75, 3.05) is 0 Å².